The van der Waals surface area contributed by atoms with Crippen molar-refractivity contribution in [3.63, 3.8) is 0 Å². The molecule has 0 saturated carbocycles. The molecule has 4 aromatic carbocycles. The summed E-state index contributed by atoms with van der Waals surface area (Å²) in [4.78, 5) is 13.7. The van der Waals surface area contributed by atoms with Crippen LogP contribution >= 0.6 is 0 Å². The Kier molecular flexibility index (Phi) is 7.58. The third-order valence-corrected chi connectivity index (χ3v) is 9.37. The number of benzene rings is 4. The Morgan fingerprint density at radius 1 is 0.881 bits per heavy atom. The van der Waals surface area contributed by atoms with E-state index in [2.05, 4.69) is 0 Å². The Labute approximate surface area is 240 Å². The Balaban J connectivity index is 1.68. The summed E-state index contributed by atoms with van der Waals surface area (Å²) >= 11 is 0. The number of carbonyl (C=O) groups is 1. The largest absolute Gasteiger partial charge is 0.377 e. The number of ketones is 1. The molecule has 0 amide bonds. The average molecular weight is 587 g/mol. The summed E-state index contributed by atoms with van der Waals surface area (Å²) in [6.45, 7) is 0.412. The van der Waals surface area contributed by atoms with E-state index in [0.717, 1.165) is 18.2 Å². The fraction of sp³-hybridized carbons (Fsp3) is 0.156. The van der Waals surface area contributed by atoms with Crippen LogP contribution in [0.15, 0.2) is 83.8 Å². The van der Waals surface area contributed by atoms with E-state index in [9.17, 15) is 37.4 Å². The van der Waals surface area contributed by atoms with Gasteiger partial charge in [-0.3, -0.25) is 4.79 Å². The maximum Gasteiger partial charge on any atom is 0.193 e. The molecule has 0 aliphatic carbocycles. The SMILES string of the molecule is N#Cc1c(F)cccc1-c1ccc(-c2cccc(F)c2C#N)c(C(=O)c2cccc(S(=O)(O)(O)CC3CCCO3)c2)c1. The molecule has 1 aliphatic rings. The number of nitriles is 2. The van der Waals surface area contributed by atoms with Crippen LogP contribution in [0.5, 0.6) is 0 Å². The van der Waals surface area contributed by atoms with E-state index in [1.807, 2.05) is 12.1 Å². The molecule has 1 aliphatic heterocycles. The van der Waals surface area contributed by atoms with Crippen LogP contribution < -0.4 is 0 Å². The topological polar surface area (TPSA) is 131 Å². The van der Waals surface area contributed by atoms with Gasteiger partial charge in [0.1, 0.15) is 33.4 Å². The standard InChI is InChI=1S/C32H24F2N2O5S/c33-30-10-2-8-24(28(30)17-35)20-12-13-26(25-9-3-11-31(34)29(25)18-36)27(16-20)32(37)21-5-1-7-23(15-21)42(38,39,40)19-22-6-4-14-41-22/h1-3,5,7-13,15-16,22H,4,6,14,19H2,(H2,38,39,40). The van der Waals surface area contributed by atoms with Gasteiger partial charge >= 0.3 is 0 Å². The molecule has 1 saturated heterocycles. The minimum atomic E-state index is -5.40. The lowest BCUT2D eigenvalue weighted by atomic mass is 9.88. The molecule has 212 valence electrons. The zero-order valence-electron chi connectivity index (χ0n) is 22.1. The zero-order valence-corrected chi connectivity index (χ0v) is 22.9. The van der Waals surface area contributed by atoms with Gasteiger partial charge in [-0.05, 0) is 54.3 Å². The highest BCUT2D eigenvalue weighted by molar-refractivity contribution is 8.10. The lowest BCUT2D eigenvalue weighted by Gasteiger charge is -2.33. The minimum absolute atomic E-state index is 0.0431. The number of nitrogens with zero attached hydrogens (tertiary/aromatic N) is 2. The van der Waals surface area contributed by atoms with Crippen molar-refractivity contribution in [1.29, 1.82) is 10.5 Å². The molecule has 10 heteroatoms. The minimum Gasteiger partial charge on any atom is -0.377 e. The summed E-state index contributed by atoms with van der Waals surface area (Å²) in [6.07, 6.45) is 0.568. The summed E-state index contributed by atoms with van der Waals surface area (Å²) in [5, 5.41) is 19.2. The molecular formula is C32H24F2N2O5S. The van der Waals surface area contributed by atoms with Crippen LogP contribution in [0.3, 0.4) is 0 Å². The highest BCUT2D eigenvalue weighted by atomic mass is 32.3. The van der Waals surface area contributed by atoms with Gasteiger partial charge in [0, 0.05) is 28.9 Å². The molecule has 1 atom stereocenters. The molecule has 1 fully saturated rings. The third kappa shape index (κ3) is 5.49. The number of ether oxygens (including phenoxy) is 1. The molecule has 7 nitrogen and oxygen atoms in total. The van der Waals surface area contributed by atoms with E-state index in [1.54, 1.807) is 0 Å². The average Bonchev–Trinajstić information content (AvgIpc) is 3.48. The fourth-order valence-corrected chi connectivity index (χ4v) is 6.97. The molecule has 1 heterocycles. The van der Waals surface area contributed by atoms with Crippen molar-refractivity contribution in [2.45, 2.75) is 23.8 Å². The van der Waals surface area contributed by atoms with Crippen molar-refractivity contribution in [2.24, 2.45) is 0 Å². The first kappa shape index (κ1) is 28.9. The monoisotopic (exact) mass is 586 g/mol. The van der Waals surface area contributed by atoms with Crippen molar-refractivity contribution in [3.8, 4) is 34.4 Å². The number of rotatable bonds is 7. The third-order valence-electron chi connectivity index (χ3n) is 7.20. The number of carbonyl (C=O) groups excluding carboxylic acids is 1. The number of hydrogen-bond donors (Lipinski definition) is 2. The predicted octanol–water partition coefficient (Wildman–Crippen LogP) is 6.58. The van der Waals surface area contributed by atoms with Crippen molar-refractivity contribution < 1.29 is 31.6 Å². The summed E-state index contributed by atoms with van der Waals surface area (Å²) in [7, 11) is -5.40. The molecule has 5 rings (SSSR count). The molecular weight excluding hydrogens is 562 g/mol. The summed E-state index contributed by atoms with van der Waals surface area (Å²) in [6, 6.07) is 21.1. The molecule has 0 bridgehead atoms. The maximum absolute atomic E-state index is 14.6. The van der Waals surface area contributed by atoms with E-state index >= 15 is 0 Å². The summed E-state index contributed by atoms with van der Waals surface area (Å²) in [5.74, 6) is -2.79. The Hall–Kier alpha value is -4.58. The van der Waals surface area contributed by atoms with Gasteiger partial charge in [-0.1, -0.05) is 48.5 Å². The van der Waals surface area contributed by atoms with E-state index in [-0.39, 0.29) is 43.8 Å². The molecule has 0 radical (unpaired) electrons. The van der Waals surface area contributed by atoms with Crippen LogP contribution in [0, 0.1) is 34.3 Å². The van der Waals surface area contributed by atoms with Crippen LogP contribution in [0.1, 0.15) is 39.9 Å². The van der Waals surface area contributed by atoms with Gasteiger partial charge in [-0.2, -0.15) is 10.5 Å². The Morgan fingerprint density at radius 3 is 2.17 bits per heavy atom. The molecule has 0 aromatic heterocycles. The Bertz CT molecular complexity index is 1880. The second kappa shape index (κ2) is 11.0. The summed E-state index contributed by atoms with van der Waals surface area (Å²) in [5.41, 5.74) is 0.131. The smallest absolute Gasteiger partial charge is 0.193 e. The quantitative estimate of drug-likeness (QED) is 0.234. The van der Waals surface area contributed by atoms with Gasteiger partial charge < -0.3 is 13.8 Å². The van der Waals surface area contributed by atoms with Crippen molar-refractivity contribution in [2.75, 3.05) is 12.4 Å². The van der Waals surface area contributed by atoms with Crippen LogP contribution in [-0.2, 0) is 14.4 Å². The zero-order chi connectivity index (χ0) is 30.1. The first-order chi connectivity index (χ1) is 20.0. The number of hydrogen-bond acceptors (Lipinski definition) is 5. The van der Waals surface area contributed by atoms with Crippen molar-refractivity contribution in [1.82, 2.24) is 0 Å². The van der Waals surface area contributed by atoms with E-state index < -0.39 is 38.9 Å². The molecule has 0 spiro atoms. The maximum atomic E-state index is 14.6. The second-order valence-corrected chi connectivity index (χ2v) is 12.8. The van der Waals surface area contributed by atoms with Gasteiger partial charge in [0.2, 0.25) is 0 Å². The highest BCUT2D eigenvalue weighted by Crippen LogP contribution is 2.37. The molecule has 1 unspecified atom stereocenters. The van der Waals surface area contributed by atoms with Crippen LogP contribution in [0.4, 0.5) is 8.78 Å². The number of halogens is 2. The lowest BCUT2D eigenvalue weighted by Crippen LogP contribution is -2.40. The van der Waals surface area contributed by atoms with Crippen molar-refractivity contribution in [3.05, 3.63) is 113 Å². The van der Waals surface area contributed by atoms with Gasteiger partial charge in [-0.15, -0.1) is 0 Å². The second-order valence-electron chi connectivity index (χ2n) is 9.98. The van der Waals surface area contributed by atoms with Crippen LogP contribution in [0.25, 0.3) is 22.3 Å². The van der Waals surface area contributed by atoms with Crippen LogP contribution in [0.2, 0.25) is 0 Å². The predicted molar refractivity (Wildman–Crippen MR) is 152 cm³/mol. The first-order valence-electron chi connectivity index (χ1n) is 12.9. The van der Waals surface area contributed by atoms with Gasteiger partial charge in [0.05, 0.1) is 27.9 Å². The van der Waals surface area contributed by atoms with Gasteiger partial charge in [0.15, 0.2) is 5.78 Å². The van der Waals surface area contributed by atoms with E-state index in [4.69, 9.17) is 4.74 Å². The van der Waals surface area contributed by atoms with E-state index in [0.29, 0.717) is 25.0 Å². The Morgan fingerprint density at radius 2 is 1.52 bits per heavy atom. The van der Waals surface area contributed by atoms with Crippen molar-refractivity contribution >= 4 is 15.4 Å². The fourth-order valence-electron chi connectivity index (χ4n) is 5.13. The van der Waals surface area contributed by atoms with Crippen LogP contribution in [-0.4, -0.2) is 37.6 Å². The van der Waals surface area contributed by atoms with E-state index in [1.165, 1.54) is 60.7 Å². The normalized spacial score (nSPS) is 15.8. The van der Waals surface area contributed by atoms with Gasteiger partial charge in [-0.25, -0.2) is 13.0 Å². The lowest BCUT2D eigenvalue weighted by molar-refractivity contribution is 0.103. The molecule has 4 aromatic rings. The molecule has 42 heavy (non-hydrogen) atoms. The first-order valence-corrected chi connectivity index (χ1v) is 15.0. The summed E-state index contributed by atoms with van der Waals surface area (Å²) < 4.78 is 69.6. The molecule has 2 N–H and O–H groups in total. The van der Waals surface area contributed by atoms with Gasteiger partial charge in [0.25, 0.3) is 0 Å². The highest BCUT2D eigenvalue weighted by Gasteiger charge is 2.38.